The van der Waals surface area contributed by atoms with Crippen LogP contribution in [-0.4, -0.2) is 23.4 Å². The quantitative estimate of drug-likeness (QED) is 0.552. The molecule has 0 radical (unpaired) electrons. The first-order chi connectivity index (χ1) is 13.1. The fourth-order valence-electron chi connectivity index (χ4n) is 2.64. The van der Waals surface area contributed by atoms with Crippen LogP contribution in [-0.2, 0) is 10.0 Å². The summed E-state index contributed by atoms with van der Waals surface area (Å²) in [4.78, 5) is 12.3. The van der Waals surface area contributed by atoms with Crippen molar-refractivity contribution in [2.45, 2.75) is 4.90 Å². The summed E-state index contributed by atoms with van der Waals surface area (Å²) in [5, 5.41) is 3.91. The van der Waals surface area contributed by atoms with Crippen LogP contribution < -0.4 is 10.0 Å². The number of hydrogen-bond acceptors (Lipinski definition) is 6. The number of nitrogens with zero attached hydrogens (tertiary/aromatic N) is 3. The molecule has 0 saturated carbocycles. The maximum absolute atomic E-state index is 12.9. The van der Waals surface area contributed by atoms with Gasteiger partial charge < -0.3 is 5.32 Å². The Labute approximate surface area is 156 Å². The first-order valence-electron chi connectivity index (χ1n) is 8.11. The molecule has 2 heterocycles. The van der Waals surface area contributed by atoms with Crippen LogP contribution in [0.15, 0.2) is 84.3 Å². The molecule has 4 aromatic rings. The minimum atomic E-state index is -3.78. The first kappa shape index (κ1) is 16.9. The van der Waals surface area contributed by atoms with E-state index in [1.165, 1.54) is 12.4 Å². The van der Waals surface area contributed by atoms with Crippen molar-refractivity contribution in [1.29, 1.82) is 0 Å². The molecule has 27 heavy (non-hydrogen) atoms. The van der Waals surface area contributed by atoms with E-state index in [1.54, 1.807) is 48.8 Å². The van der Waals surface area contributed by atoms with E-state index in [0.717, 1.165) is 5.39 Å². The number of hydrogen-bond donors (Lipinski definition) is 2. The maximum atomic E-state index is 12.9. The molecule has 4 rings (SSSR count). The molecule has 2 aromatic carbocycles. The number of sulfonamides is 1. The van der Waals surface area contributed by atoms with Crippen molar-refractivity contribution in [3.8, 4) is 0 Å². The summed E-state index contributed by atoms with van der Waals surface area (Å²) in [6.07, 6.45) is 4.65. The Kier molecular flexibility index (Phi) is 4.39. The number of fused-ring (bicyclic) bond motifs is 1. The lowest BCUT2D eigenvalue weighted by molar-refractivity contribution is 0.601. The van der Waals surface area contributed by atoms with E-state index in [0.29, 0.717) is 22.7 Å². The number of nitrogens with one attached hydrogen (secondary N) is 2. The summed E-state index contributed by atoms with van der Waals surface area (Å²) in [7, 11) is -3.78. The monoisotopic (exact) mass is 377 g/mol. The van der Waals surface area contributed by atoms with Crippen LogP contribution in [0.5, 0.6) is 0 Å². The van der Waals surface area contributed by atoms with Crippen LogP contribution >= 0.6 is 0 Å². The smallest absolute Gasteiger partial charge is 0.262 e. The third kappa shape index (κ3) is 3.70. The minimum absolute atomic E-state index is 0.134. The highest BCUT2D eigenvalue weighted by Gasteiger charge is 2.16. The molecule has 0 amide bonds. The third-order valence-electron chi connectivity index (χ3n) is 3.88. The number of benzene rings is 2. The van der Waals surface area contributed by atoms with Crippen molar-refractivity contribution in [3.05, 3.63) is 79.4 Å². The number of pyridine rings is 1. The summed E-state index contributed by atoms with van der Waals surface area (Å²) < 4.78 is 28.3. The van der Waals surface area contributed by atoms with Crippen LogP contribution in [0.4, 0.5) is 17.2 Å². The van der Waals surface area contributed by atoms with Gasteiger partial charge in [-0.1, -0.05) is 24.3 Å². The van der Waals surface area contributed by atoms with Crippen molar-refractivity contribution in [3.63, 3.8) is 0 Å². The molecule has 0 atom stereocenters. The Balaban J connectivity index is 1.65. The van der Waals surface area contributed by atoms with Gasteiger partial charge in [-0.3, -0.25) is 9.71 Å². The van der Waals surface area contributed by atoms with Crippen molar-refractivity contribution >= 4 is 38.1 Å². The lowest BCUT2D eigenvalue weighted by Crippen LogP contribution is -2.13. The van der Waals surface area contributed by atoms with Gasteiger partial charge in [0.25, 0.3) is 10.0 Å². The summed E-state index contributed by atoms with van der Waals surface area (Å²) in [5.74, 6) is 0.575. The van der Waals surface area contributed by atoms with Crippen molar-refractivity contribution < 1.29 is 8.42 Å². The van der Waals surface area contributed by atoms with Gasteiger partial charge in [0.05, 0.1) is 16.1 Å². The van der Waals surface area contributed by atoms with Crippen LogP contribution in [0.2, 0.25) is 0 Å². The van der Waals surface area contributed by atoms with Crippen LogP contribution in [0.3, 0.4) is 0 Å². The van der Waals surface area contributed by atoms with E-state index in [4.69, 9.17) is 0 Å². The van der Waals surface area contributed by atoms with E-state index in [2.05, 4.69) is 25.0 Å². The molecule has 0 aliphatic rings. The zero-order valence-corrected chi connectivity index (χ0v) is 14.9. The fourth-order valence-corrected chi connectivity index (χ4v) is 3.76. The third-order valence-corrected chi connectivity index (χ3v) is 5.24. The Morgan fingerprint density at radius 1 is 0.852 bits per heavy atom. The number of anilines is 3. The summed E-state index contributed by atoms with van der Waals surface area (Å²) >= 11 is 0. The zero-order chi connectivity index (χ0) is 18.7. The van der Waals surface area contributed by atoms with Gasteiger partial charge in [0.1, 0.15) is 12.1 Å². The van der Waals surface area contributed by atoms with Gasteiger partial charge in [0.15, 0.2) is 0 Å². The number of para-hydroxylation sites is 1. The molecule has 2 N–H and O–H groups in total. The van der Waals surface area contributed by atoms with Crippen molar-refractivity contribution in [1.82, 2.24) is 15.0 Å². The van der Waals surface area contributed by atoms with Crippen molar-refractivity contribution in [2.75, 3.05) is 10.0 Å². The molecule has 0 aliphatic heterocycles. The highest BCUT2D eigenvalue weighted by Crippen LogP contribution is 2.25. The van der Waals surface area contributed by atoms with E-state index in [9.17, 15) is 8.42 Å². The molecule has 0 spiro atoms. The van der Waals surface area contributed by atoms with E-state index in [-0.39, 0.29) is 4.90 Å². The molecule has 134 valence electrons. The second-order valence-electron chi connectivity index (χ2n) is 5.73. The minimum Gasteiger partial charge on any atom is -0.340 e. The topological polar surface area (TPSA) is 96.9 Å². The highest BCUT2D eigenvalue weighted by molar-refractivity contribution is 7.92. The average Bonchev–Trinajstić information content (AvgIpc) is 2.69. The van der Waals surface area contributed by atoms with Gasteiger partial charge >= 0.3 is 0 Å². The lowest BCUT2D eigenvalue weighted by Gasteiger charge is -2.11. The van der Waals surface area contributed by atoms with Crippen molar-refractivity contribution in [2.24, 2.45) is 0 Å². The second kappa shape index (κ2) is 7.00. The molecular weight excluding hydrogens is 362 g/mol. The van der Waals surface area contributed by atoms with Gasteiger partial charge in [-0.05, 0) is 36.4 Å². The maximum Gasteiger partial charge on any atom is 0.262 e. The van der Waals surface area contributed by atoms with Gasteiger partial charge in [-0.25, -0.2) is 18.4 Å². The summed E-state index contributed by atoms with van der Waals surface area (Å²) in [5.41, 5.74) is 1.63. The first-order valence-corrected chi connectivity index (χ1v) is 9.60. The lowest BCUT2D eigenvalue weighted by atomic mass is 10.2. The average molecular weight is 377 g/mol. The second-order valence-corrected chi connectivity index (χ2v) is 7.42. The Bertz CT molecular complexity index is 1190. The Morgan fingerprint density at radius 2 is 1.70 bits per heavy atom. The van der Waals surface area contributed by atoms with E-state index in [1.807, 2.05) is 18.2 Å². The van der Waals surface area contributed by atoms with E-state index < -0.39 is 10.0 Å². The summed E-state index contributed by atoms with van der Waals surface area (Å²) in [6, 6.07) is 17.3. The molecule has 0 bridgehead atoms. The number of rotatable bonds is 5. The van der Waals surface area contributed by atoms with Crippen LogP contribution in [0.1, 0.15) is 0 Å². The molecule has 0 aliphatic carbocycles. The largest absolute Gasteiger partial charge is 0.340 e. The molecule has 0 fully saturated rings. The molecule has 7 nitrogen and oxygen atoms in total. The molecule has 8 heteroatoms. The predicted octanol–water partition coefficient (Wildman–Crippen LogP) is 3.57. The predicted molar refractivity (Wildman–Crippen MR) is 104 cm³/mol. The Morgan fingerprint density at radius 3 is 2.56 bits per heavy atom. The molecule has 2 aromatic heterocycles. The molecular formula is C19H15N5O2S. The van der Waals surface area contributed by atoms with Gasteiger partial charge in [0, 0.05) is 23.5 Å². The standard InChI is InChI=1S/C19H15N5O2S/c25-27(26,24-17-8-1-4-14-5-3-10-21-19(14)17)16-7-2-6-15(12-16)23-18-9-11-20-13-22-18/h1-13,24H,(H,20,22,23). The fraction of sp³-hybridized carbons (Fsp3) is 0. The summed E-state index contributed by atoms with van der Waals surface area (Å²) in [6.45, 7) is 0. The molecule has 0 saturated heterocycles. The Hall–Kier alpha value is -3.52. The normalized spacial score (nSPS) is 11.3. The molecule has 0 unspecified atom stereocenters. The SMILES string of the molecule is O=S(=O)(Nc1cccc2cccnc12)c1cccc(Nc2ccncn2)c1. The van der Waals surface area contributed by atoms with E-state index >= 15 is 0 Å². The van der Waals surface area contributed by atoms with Gasteiger partial charge in [-0.2, -0.15) is 0 Å². The van der Waals surface area contributed by atoms with Gasteiger partial charge in [0.2, 0.25) is 0 Å². The highest BCUT2D eigenvalue weighted by atomic mass is 32.2. The van der Waals surface area contributed by atoms with Crippen LogP contribution in [0, 0.1) is 0 Å². The number of aromatic nitrogens is 3. The zero-order valence-electron chi connectivity index (χ0n) is 14.1. The van der Waals surface area contributed by atoms with Crippen LogP contribution in [0.25, 0.3) is 10.9 Å². The van der Waals surface area contributed by atoms with Gasteiger partial charge in [-0.15, -0.1) is 0 Å².